The molecular formula is C9H6BrFO2. The number of hydrogen-bond donors (Lipinski definition) is 1. The van der Waals surface area contributed by atoms with E-state index in [-0.39, 0.29) is 12.4 Å². The minimum Gasteiger partial charge on any atom is -0.464 e. The molecule has 0 fully saturated rings. The highest BCUT2D eigenvalue weighted by Crippen LogP contribution is 2.27. The van der Waals surface area contributed by atoms with Crippen LogP contribution in [0.5, 0.6) is 0 Å². The summed E-state index contributed by atoms with van der Waals surface area (Å²) in [5.74, 6) is -0.369. The van der Waals surface area contributed by atoms with E-state index in [1.54, 1.807) is 6.07 Å². The van der Waals surface area contributed by atoms with Gasteiger partial charge >= 0.3 is 0 Å². The smallest absolute Gasteiger partial charge is 0.141 e. The molecule has 4 heteroatoms. The number of fused-ring (bicyclic) bond motifs is 1. The van der Waals surface area contributed by atoms with Gasteiger partial charge < -0.3 is 9.52 Å². The van der Waals surface area contributed by atoms with E-state index in [0.29, 0.717) is 15.6 Å². The summed E-state index contributed by atoms with van der Waals surface area (Å²) in [5.41, 5.74) is 1.11. The minimum atomic E-state index is -0.369. The van der Waals surface area contributed by atoms with Crippen LogP contribution < -0.4 is 0 Å². The Hall–Kier alpha value is -0.870. The van der Waals surface area contributed by atoms with Gasteiger partial charge in [0.15, 0.2) is 0 Å². The van der Waals surface area contributed by atoms with E-state index < -0.39 is 0 Å². The number of rotatable bonds is 1. The van der Waals surface area contributed by atoms with Crippen molar-refractivity contribution in [3.05, 3.63) is 34.2 Å². The van der Waals surface area contributed by atoms with Crippen molar-refractivity contribution >= 4 is 26.9 Å². The molecule has 0 saturated heterocycles. The highest BCUT2D eigenvalue weighted by molar-refractivity contribution is 9.10. The normalized spacial score (nSPS) is 11.0. The molecule has 0 spiro atoms. The van der Waals surface area contributed by atoms with Crippen LogP contribution in [0, 0.1) is 5.82 Å². The van der Waals surface area contributed by atoms with Gasteiger partial charge in [0, 0.05) is 17.0 Å². The van der Waals surface area contributed by atoms with E-state index in [9.17, 15) is 4.39 Å². The van der Waals surface area contributed by atoms with E-state index in [1.807, 2.05) is 0 Å². The predicted molar refractivity (Wildman–Crippen MR) is 49.8 cm³/mol. The maximum absolute atomic E-state index is 13.0. The number of halogens is 2. The number of aliphatic hydroxyl groups excluding tert-OH is 1. The van der Waals surface area contributed by atoms with Crippen LogP contribution in [0.25, 0.3) is 11.0 Å². The summed E-state index contributed by atoms with van der Waals surface area (Å²) in [6.45, 7) is -0.106. The van der Waals surface area contributed by atoms with Crippen molar-refractivity contribution < 1.29 is 13.9 Å². The molecule has 0 aliphatic heterocycles. The van der Waals surface area contributed by atoms with Gasteiger partial charge in [-0.1, -0.05) is 0 Å². The fourth-order valence-corrected chi connectivity index (χ4v) is 1.54. The molecule has 2 rings (SSSR count). The Labute approximate surface area is 82.1 Å². The molecule has 13 heavy (non-hydrogen) atoms. The van der Waals surface area contributed by atoms with E-state index in [2.05, 4.69) is 15.9 Å². The summed E-state index contributed by atoms with van der Waals surface area (Å²) in [6, 6.07) is 2.89. The maximum atomic E-state index is 13.0. The Morgan fingerprint density at radius 3 is 2.92 bits per heavy atom. The molecule has 0 atom stereocenters. The molecule has 0 aliphatic carbocycles. The van der Waals surface area contributed by atoms with Crippen LogP contribution in [0.4, 0.5) is 4.39 Å². The number of aliphatic hydroxyl groups is 1. The van der Waals surface area contributed by atoms with Crippen LogP contribution in [0.3, 0.4) is 0 Å². The Kier molecular flexibility index (Phi) is 2.09. The molecule has 1 aromatic carbocycles. The lowest BCUT2D eigenvalue weighted by atomic mass is 10.2. The molecule has 0 aliphatic rings. The summed E-state index contributed by atoms with van der Waals surface area (Å²) >= 11 is 3.07. The molecule has 1 aromatic heterocycles. The van der Waals surface area contributed by atoms with Gasteiger partial charge in [0.1, 0.15) is 11.4 Å². The van der Waals surface area contributed by atoms with E-state index >= 15 is 0 Å². The van der Waals surface area contributed by atoms with Crippen molar-refractivity contribution in [2.45, 2.75) is 6.61 Å². The van der Waals surface area contributed by atoms with Gasteiger partial charge in [0.05, 0.1) is 17.3 Å². The third kappa shape index (κ3) is 1.36. The van der Waals surface area contributed by atoms with Gasteiger partial charge in [-0.2, -0.15) is 0 Å². The lowest BCUT2D eigenvalue weighted by Gasteiger charge is -1.95. The average Bonchev–Trinajstić information content (AvgIpc) is 2.48. The largest absolute Gasteiger partial charge is 0.464 e. The standard InChI is InChI=1S/C9H6BrFO2/c10-7-1-6-5(3-12)4-13-9(6)2-8(7)11/h1-2,4,12H,3H2. The monoisotopic (exact) mass is 244 g/mol. The zero-order chi connectivity index (χ0) is 9.42. The molecule has 2 aromatic rings. The van der Waals surface area contributed by atoms with Crippen molar-refractivity contribution in [2.75, 3.05) is 0 Å². The van der Waals surface area contributed by atoms with E-state index in [4.69, 9.17) is 9.52 Å². The van der Waals surface area contributed by atoms with E-state index in [0.717, 1.165) is 5.39 Å². The molecule has 0 saturated carbocycles. The number of benzene rings is 1. The van der Waals surface area contributed by atoms with Crippen LogP contribution in [-0.4, -0.2) is 5.11 Å². The van der Waals surface area contributed by atoms with Crippen LogP contribution in [0.1, 0.15) is 5.56 Å². The highest BCUT2D eigenvalue weighted by Gasteiger charge is 2.08. The van der Waals surface area contributed by atoms with Crippen molar-refractivity contribution in [2.24, 2.45) is 0 Å². The fourth-order valence-electron chi connectivity index (χ4n) is 1.20. The molecule has 0 unspecified atom stereocenters. The van der Waals surface area contributed by atoms with Crippen molar-refractivity contribution in [1.29, 1.82) is 0 Å². The lowest BCUT2D eigenvalue weighted by Crippen LogP contribution is -1.81. The quantitative estimate of drug-likeness (QED) is 0.837. The molecular weight excluding hydrogens is 239 g/mol. The van der Waals surface area contributed by atoms with Gasteiger partial charge in [0.25, 0.3) is 0 Å². The molecule has 0 radical (unpaired) electrons. The zero-order valence-electron chi connectivity index (χ0n) is 6.55. The first-order chi connectivity index (χ1) is 6.22. The second-order valence-corrected chi connectivity index (χ2v) is 3.54. The molecule has 0 amide bonds. The summed E-state index contributed by atoms with van der Waals surface area (Å²) in [6.07, 6.45) is 1.43. The van der Waals surface area contributed by atoms with Crippen molar-refractivity contribution in [3.8, 4) is 0 Å². The Morgan fingerprint density at radius 1 is 1.46 bits per heavy atom. The molecule has 2 nitrogen and oxygen atoms in total. The lowest BCUT2D eigenvalue weighted by molar-refractivity contribution is 0.281. The summed E-state index contributed by atoms with van der Waals surface area (Å²) < 4.78 is 18.4. The SMILES string of the molecule is OCc1coc2cc(F)c(Br)cc12. The third-order valence-corrected chi connectivity index (χ3v) is 2.47. The van der Waals surface area contributed by atoms with Gasteiger partial charge in [-0.15, -0.1) is 0 Å². The summed E-state index contributed by atoms with van der Waals surface area (Å²) in [5, 5.41) is 9.65. The number of furan rings is 1. The van der Waals surface area contributed by atoms with Gasteiger partial charge in [-0.05, 0) is 22.0 Å². The second kappa shape index (κ2) is 3.12. The van der Waals surface area contributed by atoms with Gasteiger partial charge in [-0.3, -0.25) is 0 Å². The molecule has 68 valence electrons. The zero-order valence-corrected chi connectivity index (χ0v) is 8.14. The van der Waals surface area contributed by atoms with Crippen molar-refractivity contribution in [1.82, 2.24) is 0 Å². The third-order valence-electron chi connectivity index (χ3n) is 1.87. The van der Waals surface area contributed by atoms with Gasteiger partial charge in [-0.25, -0.2) is 4.39 Å². The Bertz CT molecular complexity index is 450. The summed E-state index contributed by atoms with van der Waals surface area (Å²) in [7, 11) is 0. The topological polar surface area (TPSA) is 33.4 Å². The van der Waals surface area contributed by atoms with Crippen LogP contribution in [0.15, 0.2) is 27.3 Å². The van der Waals surface area contributed by atoms with Crippen LogP contribution >= 0.6 is 15.9 Å². The van der Waals surface area contributed by atoms with E-state index in [1.165, 1.54) is 12.3 Å². The number of hydrogen-bond acceptors (Lipinski definition) is 2. The Morgan fingerprint density at radius 2 is 2.23 bits per heavy atom. The first-order valence-corrected chi connectivity index (χ1v) is 4.47. The minimum absolute atomic E-state index is 0.106. The molecule has 0 bridgehead atoms. The molecule has 1 N–H and O–H groups in total. The predicted octanol–water partition coefficient (Wildman–Crippen LogP) is 2.83. The van der Waals surface area contributed by atoms with Crippen LogP contribution in [0.2, 0.25) is 0 Å². The van der Waals surface area contributed by atoms with Crippen LogP contribution in [-0.2, 0) is 6.61 Å². The molecule has 1 heterocycles. The highest BCUT2D eigenvalue weighted by atomic mass is 79.9. The fraction of sp³-hybridized carbons (Fsp3) is 0.111. The maximum Gasteiger partial charge on any atom is 0.141 e. The first-order valence-electron chi connectivity index (χ1n) is 3.68. The average molecular weight is 245 g/mol. The Balaban J connectivity index is 2.77. The second-order valence-electron chi connectivity index (χ2n) is 2.68. The summed E-state index contributed by atoms with van der Waals surface area (Å²) in [4.78, 5) is 0. The van der Waals surface area contributed by atoms with Gasteiger partial charge in [0.2, 0.25) is 0 Å². The van der Waals surface area contributed by atoms with Crippen molar-refractivity contribution in [3.63, 3.8) is 0 Å². The first kappa shape index (κ1) is 8.72.